The number of anilines is 1. The Hall–Kier alpha value is -1.51. The first-order chi connectivity index (χ1) is 10.5. The summed E-state index contributed by atoms with van der Waals surface area (Å²) in [5.74, 6) is -0.199. The summed E-state index contributed by atoms with van der Waals surface area (Å²) >= 11 is 0. The Morgan fingerprint density at radius 3 is 2.52 bits per heavy atom. The minimum Gasteiger partial charge on any atom is -0.466 e. The van der Waals surface area contributed by atoms with E-state index in [0.29, 0.717) is 12.6 Å². The van der Waals surface area contributed by atoms with Gasteiger partial charge in [-0.3, -0.25) is 4.79 Å². The highest BCUT2D eigenvalue weighted by molar-refractivity contribution is 5.66. The van der Waals surface area contributed by atoms with Crippen molar-refractivity contribution in [2.24, 2.45) is 0 Å². The number of rotatable bonds is 4. The zero-order chi connectivity index (χ0) is 17.4. The highest BCUT2D eigenvalue weighted by Gasteiger charge is 2.41. The molecule has 0 bridgehead atoms. The van der Waals surface area contributed by atoms with E-state index < -0.39 is 0 Å². The highest BCUT2D eigenvalue weighted by Crippen LogP contribution is 2.46. The van der Waals surface area contributed by atoms with Gasteiger partial charge in [-0.05, 0) is 36.0 Å². The average Bonchev–Trinajstić information content (AvgIpc) is 2.62. The number of esters is 1. The van der Waals surface area contributed by atoms with E-state index in [1.807, 2.05) is 0 Å². The molecule has 1 aromatic carbocycles. The molecule has 1 atom stereocenters. The van der Waals surface area contributed by atoms with Crippen LogP contribution in [0, 0.1) is 0 Å². The van der Waals surface area contributed by atoms with Crippen molar-refractivity contribution in [3.05, 3.63) is 29.3 Å². The molecule has 0 fully saturated rings. The topological polar surface area (TPSA) is 29.5 Å². The second kappa shape index (κ2) is 6.18. The maximum absolute atomic E-state index is 10.9. The molecule has 23 heavy (non-hydrogen) atoms. The average molecular weight is 317 g/mol. The van der Waals surface area contributed by atoms with Gasteiger partial charge in [0.1, 0.15) is 0 Å². The van der Waals surface area contributed by atoms with Gasteiger partial charge >= 0.3 is 5.97 Å². The predicted octanol–water partition coefficient (Wildman–Crippen LogP) is 4.42. The van der Waals surface area contributed by atoms with Gasteiger partial charge in [-0.15, -0.1) is 0 Å². The highest BCUT2D eigenvalue weighted by atomic mass is 16.5. The monoisotopic (exact) mass is 317 g/mol. The molecule has 0 saturated heterocycles. The van der Waals surface area contributed by atoms with Crippen molar-refractivity contribution in [2.45, 2.75) is 71.8 Å². The van der Waals surface area contributed by atoms with Crippen LogP contribution in [0.2, 0.25) is 0 Å². The third-order valence-electron chi connectivity index (χ3n) is 5.23. The van der Waals surface area contributed by atoms with E-state index in [0.717, 1.165) is 13.0 Å². The molecule has 1 heterocycles. The largest absolute Gasteiger partial charge is 0.466 e. The molecule has 2 rings (SSSR count). The van der Waals surface area contributed by atoms with Gasteiger partial charge < -0.3 is 9.64 Å². The lowest BCUT2D eigenvalue weighted by molar-refractivity contribution is -0.140. The van der Waals surface area contributed by atoms with E-state index in [2.05, 4.69) is 64.6 Å². The van der Waals surface area contributed by atoms with Crippen molar-refractivity contribution in [3.63, 3.8) is 0 Å². The second-order valence-electron chi connectivity index (χ2n) is 8.27. The zero-order valence-corrected chi connectivity index (χ0v) is 15.7. The van der Waals surface area contributed by atoms with E-state index in [9.17, 15) is 4.79 Å². The van der Waals surface area contributed by atoms with Crippen LogP contribution in [0.1, 0.15) is 66.0 Å². The number of nitrogens with zero attached hydrogens (tertiary/aromatic N) is 1. The Labute approximate surface area is 141 Å². The van der Waals surface area contributed by atoms with Crippen molar-refractivity contribution in [2.75, 3.05) is 18.1 Å². The molecule has 0 spiro atoms. The van der Waals surface area contributed by atoms with Crippen LogP contribution in [0.4, 0.5) is 5.69 Å². The molecule has 3 nitrogen and oxygen atoms in total. The van der Waals surface area contributed by atoms with Crippen LogP contribution in [0.3, 0.4) is 0 Å². The quantitative estimate of drug-likeness (QED) is 0.608. The Morgan fingerprint density at radius 1 is 1.30 bits per heavy atom. The summed E-state index contributed by atoms with van der Waals surface area (Å²) in [6.07, 6.45) is 0.862. The Bertz CT molecular complexity index is 584. The van der Waals surface area contributed by atoms with Crippen LogP contribution < -0.4 is 4.90 Å². The molecule has 1 aliphatic rings. The molecule has 128 valence electrons. The van der Waals surface area contributed by atoms with E-state index in [-0.39, 0.29) is 16.8 Å². The molecular weight excluding hydrogens is 286 g/mol. The molecule has 1 aliphatic heterocycles. The number of fused-ring (bicyclic) bond motifs is 1. The molecule has 1 unspecified atom stereocenters. The number of carbonyl (C=O) groups is 1. The Balaban J connectivity index is 2.24. The van der Waals surface area contributed by atoms with Crippen molar-refractivity contribution in [1.82, 2.24) is 0 Å². The SMILES string of the molecule is CC(=O)OCCCN1c2ccc(C(C)(C)C)cc2C(C)(C)C1C. The first-order valence-electron chi connectivity index (χ1n) is 8.60. The van der Waals surface area contributed by atoms with Crippen LogP contribution in [0.15, 0.2) is 18.2 Å². The summed E-state index contributed by atoms with van der Waals surface area (Å²) in [4.78, 5) is 13.4. The summed E-state index contributed by atoms with van der Waals surface area (Å²) in [6, 6.07) is 7.35. The van der Waals surface area contributed by atoms with Gasteiger partial charge in [0.2, 0.25) is 0 Å². The molecule has 0 aromatic heterocycles. The van der Waals surface area contributed by atoms with Gasteiger partial charge in [0, 0.05) is 30.6 Å². The van der Waals surface area contributed by atoms with Crippen LogP contribution in [-0.4, -0.2) is 25.2 Å². The fourth-order valence-corrected chi connectivity index (χ4v) is 3.36. The molecule has 0 saturated carbocycles. The summed E-state index contributed by atoms with van der Waals surface area (Å²) in [5, 5.41) is 0. The van der Waals surface area contributed by atoms with Gasteiger partial charge in [-0.2, -0.15) is 0 Å². The van der Waals surface area contributed by atoms with Crippen molar-refractivity contribution in [3.8, 4) is 0 Å². The number of hydrogen-bond donors (Lipinski definition) is 0. The number of hydrogen-bond acceptors (Lipinski definition) is 3. The fraction of sp³-hybridized carbons (Fsp3) is 0.650. The van der Waals surface area contributed by atoms with Gasteiger partial charge in [0.25, 0.3) is 0 Å². The van der Waals surface area contributed by atoms with Gasteiger partial charge in [-0.1, -0.05) is 46.8 Å². The van der Waals surface area contributed by atoms with Crippen LogP contribution >= 0.6 is 0 Å². The standard InChI is InChI=1S/C20H31NO2/c1-14-20(6,7)17-13-16(19(3,4)5)9-10-18(17)21(14)11-8-12-23-15(2)22/h9-10,13-14H,8,11-12H2,1-7H3. The van der Waals surface area contributed by atoms with Crippen molar-refractivity contribution >= 4 is 11.7 Å². The van der Waals surface area contributed by atoms with Gasteiger partial charge in [-0.25, -0.2) is 0 Å². The lowest BCUT2D eigenvalue weighted by atomic mass is 9.78. The Kier molecular flexibility index (Phi) is 4.79. The third kappa shape index (κ3) is 3.54. The summed E-state index contributed by atoms with van der Waals surface area (Å²) in [6.45, 7) is 16.6. The van der Waals surface area contributed by atoms with Crippen LogP contribution in [0.25, 0.3) is 0 Å². The fourth-order valence-electron chi connectivity index (χ4n) is 3.36. The number of benzene rings is 1. The number of carbonyl (C=O) groups excluding carboxylic acids is 1. The molecule has 3 heteroatoms. The molecule has 1 aromatic rings. The van der Waals surface area contributed by atoms with E-state index in [4.69, 9.17) is 4.74 Å². The van der Waals surface area contributed by atoms with E-state index in [1.54, 1.807) is 0 Å². The lowest BCUT2D eigenvalue weighted by Gasteiger charge is -2.31. The summed E-state index contributed by atoms with van der Waals surface area (Å²) < 4.78 is 5.08. The predicted molar refractivity (Wildman–Crippen MR) is 96.2 cm³/mol. The minimum absolute atomic E-state index is 0.123. The molecule has 0 N–H and O–H groups in total. The number of ether oxygens (including phenoxy) is 1. The molecular formula is C20H31NO2. The minimum atomic E-state index is -0.199. The van der Waals surface area contributed by atoms with Crippen molar-refractivity contribution < 1.29 is 9.53 Å². The van der Waals surface area contributed by atoms with Crippen molar-refractivity contribution in [1.29, 1.82) is 0 Å². The normalized spacial score (nSPS) is 19.6. The smallest absolute Gasteiger partial charge is 0.302 e. The molecule has 0 amide bonds. The zero-order valence-electron chi connectivity index (χ0n) is 15.7. The van der Waals surface area contributed by atoms with E-state index >= 15 is 0 Å². The first kappa shape index (κ1) is 17.8. The van der Waals surface area contributed by atoms with Crippen LogP contribution in [0.5, 0.6) is 0 Å². The first-order valence-corrected chi connectivity index (χ1v) is 8.60. The molecule has 0 radical (unpaired) electrons. The maximum atomic E-state index is 10.9. The third-order valence-corrected chi connectivity index (χ3v) is 5.23. The van der Waals surface area contributed by atoms with Gasteiger partial charge in [0.15, 0.2) is 0 Å². The van der Waals surface area contributed by atoms with Gasteiger partial charge in [0.05, 0.1) is 6.61 Å². The molecule has 0 aliphatic carbocycles. The second-order valence-corrected chi connectivity index (χ2v) is 8.27. The Morgan fingerprint density at radius 2 is 1.96 bits per heavy atom. The van der Waals surface area contributed by atoms with Crippen LogP contribution in [-0.2, 0) is 20.4 Å². The summed E-state index contributed by atoms with van der Waals surface area (Å²) in [5.41, 5.74) is 4.44. The van der Waals surface area contributed by atoms with E-state index in [1.165, 1.54) is 23.7 Å². The maximum Gasteiger partial charge on any atom is 0.302 e. The summed E-state index contributed by atoms with van der Waals surface area (Å²) in [7, 11) is 0. The lowest BCUT2D eigenvalue weighted by Crippen LogP contribution is -2.39.